The minimum atomic E-state index is -0.500. The van der Waals surface area contributed by atoms with Crippen molar-refractivity contribution in [2.24, 2.45) is 0 Å². The van der Waals surface area contributed by atoms with Crippen molar-refractivity contribution in [3.05, 3.63) is 104 Å². The molecule has 0 unspecified atom stereocenters. The number of hydrogen-bond donors (Lipinski definition) is 1. The number of aryl methyl sites for hydroxylation is 1. The number of unbranched alkanes of at least 4 members (excludes halogenated alkanes) is 2. The van der Waals surface area contributed by atoms with Crippen LogP contribution in [-0.4, -0.2) is 49.1 Å². The molecule has 0 atom stereocenters. The minimum Gasteiger partial charge on any atom is -0.487 e. The highest BCUT2D eigenvalue weighted by Crippen LogP contribution is 2.28. The number of hydrogen-bond acceptors (Lipinski definition) is 4. The van der Waals surface area contributed by atoms with E-state index in [1.807, 2.05) is 30.3 Å². The third kappa shape index (κ3) is 9.63. The number of carbonyl (C=O) groups excluding carboxylic acids is 1. The van der Waals surface area contributed by atoms with E-state index >= 15 is 0 Å². The Labute approximate surface area is 227 Å². The van der Waals surface area contributed by atoms with Gasteiger partial charge in [0, 0.05) is 21.7 Å². The topological polar surface area (TPSA) is 81.5 Å². The molecule has 1 N–H and O–H groups in total. The number of rotatable bonds is 14. The molecule has 0 heterocycles. The largest absolute Gasteiger partial charge is 0.487 e. The predicted molar refractivity (Wildman–Crippen MR) is 150 cm³/mol. The molecule has 0 aliphatic carbocycles. The summed E-state index contributed by atoms with van der Waals surface area (Å²) < 4.78 is 7.43. The van der Waals surface area contributed by atoms with E-state index in [9.17, 15) is 14.9 Å². The van der Waals surface area contributed by atoms with E-state index in [4.69, 9.17) is 4.74 Å². The first-order valence-electron chi connectivity index (χ1n) is 12.5. The first kappa shape index (κ1) is 28.3. The maximum Gasteiger partial charge on any atom is 0.311 e. The molecule has 0 aliphatic rings. The Morgan fingerprint density at radius 2 is 1.70 bits per heavy atom. The number of nitrogens with zero attached hydrogens (tertiary/aromatic N) is 2. The van der Waals surface area contributed by atoms with Crippen LogP contribution in [0.4, 0.5) is 5.69 Å². The maximum atomic E-state index is 12.7. The first-order valence-corrected chi connectivity index (χ1v) is 13.3. The average molecular weight is 570 g/mol. The van der Waals surface area contributed by atoms with E-state index in [2.05, 4.69) is 59.6 Å². The lowest BCUT2D eigenvalue weighted by atomic mass is 10.1. The lowest BCUT2D eigenvalue weighted by Gasteiger charge is -2.30. The number of nitrogens with one attached hydrogen (secondary N) is 1. The molecule has 8 heteroatoms. The first-order chi connectivity index (χ1) is 17.7. The summed E-state index contributed by atoms with van der Waals surface area (Å²) in [6.07, 6.45) is 3.82. The lowest BCUT2D eigenvalue weighted by molar-refractivity contribution is -0.902. The summed E-state index contributed by atoms with van der Waals surface area (Å²) in [6.45, 7) is 2.40. The molecule has 0 fully saturated rings. The molecule has 0 aromatic heterocycles. The standard InChI is InChI=1S/C29H34BrN3O4/c1-33(2,22-24-12-15-26(30)16-13-24)19-18-31-29(34)25-14-17-28(27(21-25)32(35)36)37-20-8-4-7-11-23-9-5-3-6-10-23/h3,5-6,9-10,12-17,21H,4,7-8,11,18-20,22H2,1-2H3/p+1. The summed E-state index contributed by atoms with van der Waals surface area (Å²) >= 11 is 3.45. The van der Waals surface area contributed by atoms with Gasteiger partial charge < -0.3 is 14.5 Å². The highest BCUT2D eigenvalue weighted by molar-refractivity contribution is 9.10. The van der Waals surface area contributed by atoms with E-state index < -0.39 is 4.92 Å². The number of benzene rings is 3. The van der Waals surface area contributed by atoms with Crippen LogP contribution in [0.2, 0.25) is 0 Å². The zero-order valence-electron chi connectivity index (χ0n) is 21.5. The van der Waals surface area contributed by atoms with Crippen molar-refractivity contribution in [3.8, 4) is 5.75 Å². The van der Waals surface area contributed by atoms with Crippen LogP contribution in [0, 0.1) is 10.1 Å². The number of nitro benzene ring substituents is 1. The maximum absolute atomic E-state index is 12.7. The number of likely N-dealkylation sites (N-methyl/N-ethyl adjacent to an activating group) is 1. The Morgan fingerprint density at radius 3 is 2.41 bits per heavy atom. The van der Waals surface area contributed by atoms with Crippen LogP contribution < -0.4 is 10.1 Å². The summed E-state index contributed by atoms with van der Waals surface area (Å²) in [5.41, 5.74) is 2.57. The van der Waals surface area contributed by atoms with Gasteiger partial charge in [-0.3, -0.25) is 14.9 Å². The van der Waals surface area contributed by atoms with E-state index in [0.29, 0.717) is 17.6 Å². The van der Waals surface area contributed by atoms with E-state index in [1.165, 1.54) is 23.3 Å². The second kappa shape index (κ2) is 13.9. The number of nitro groups is 1. The van der Waals surface area contributed by atoms with Crippen molar-refractivity contribution in [2.45, 2.75) is 32.2 Å². The monoisotopic (exact) mass is 568 g/mol. The van der Waals surface area contributed by atoms with Crippen LogP contribution in [-0.2, 0) is 13.0 Å². The molecule has 1 amide bonds. The Bertz CT molecular complexity index is 1170. The third-order valence-electron chi connectivity index (χ3n) is 6.15. The summed E-state index contributed by atoms with van der Waals surface area (Å²) in [4.78, 5) is 23.8. The van der Waals surface area contributed by atoms with E-state index in [-0.39, 0.29) is 22.9 Å². The summed E-state index contributed by atoms with van der Waals surface area (Å²) in [5, 5.41) is 14.5. The smallest absolute Gasteiger partial charge is 0.311 e. The molecule has 0 spiro atoms. The normalized spacial score (nSPS) is 11.2. The van der Waals surface area contributed by atoms with Gasteiger partial charge in [-0.15, -0.1) is 0 Å². The van der Waals surface area contributed by atoms with Gasteiger partial charge in [-0.2, -0.15) is 0 Å². The number of ether oxygens (including phenoxy) is 1. The Balaban J connectivity index is 1.45. The fourth-order valence-electron chi connectivity index (χ4n) is 4.10. The van der Waals surface area contributed by atoms with Crippen LogP contribution in [0.5, 0.6) is 5.75 Å². The molecule has 0 aliphatic heterocycles. The van der Waals surface area contributed by atoms with Crippen molar-refractivity contribution in [1.82, 2.24) is 5.32 Å². The highest BCUT2D eigenvalue weighted by atomic mass is 79.9. The van der Waals surface area contributed by atoms with Crippen molar-refractivity contribution in [2.75, 3.05) is 33.8 Å². The Morgan fingerprint density at radius 1 is 0.973 bits per heavy atom. The number of amides is 1. The molecule has 0 saturated carbocycles. The molecule has 3 aromatic rings. The van der Waals surface area contributed by atoms with Gasteiger partial charge in [-0.25, -0.2) is 0 Å². The molecule has 3 aromatic carbocycles. The molecular weight excluding hydrogens is 534 g/mol. The van der Waals surface area contributed by atoms with Gasteiger partial charge in [-0.05, 0) is 55.5 Å². The highest BCUT2D eigenvalue weighted by Gasteiger charge is 2.20. The van der Waals surface area contributed by atoms with Crippen LogP contribution >= 0.6 is 15.9 Å². The predicted octanol–water partition coefficient (Wildman–Crippen LogP) is 6.16. The van der Waals surface area contributed by atoms with Crippen LogP contribution in [0.25, 0.3) is 0 Å². The minimum absolute atomic E-state index is 0.191. The third-order valence-corrected chi connectivity index (χ3v) is 6.68. The average Bonchev–Trinajstić information content (AvgIpc) is 2.87. The van der Waals surface area contributed by atoms with Gasteiger partial charge in [0.25, 0.3) is 5.91 Å². The van der Waals surface area contributed by atoms with E-state index in [1.54, 1.807) is 6.07 Å². The number of halogens is 1. The Kier molecular flexibility index (Phi) is 10.7. The molecule has 37 heavy (non-hydrogen) atoms. The molecule has 0 saturated heterocycles. The van der Waals surface area contributed by atoms with Crippen LogP contribution in [0.1, 0.15) is 40.7 Å². The van der Waals surface area contributed by atoms with Gasteiger partial charge in [0.15, 0.2) is 5.75 Å². The van der Waals surface area contributed by atoms with Crippen molar-refractivity contribution in [3.63, 3.8) is 0 Å². The van der Waals surface area contributed by atoms with Crippen molar-refractivity contribution < 1.29 is 18.9 Å². The molecule has 0 radical (unpaired) electrons. The fraction of sp³-hybridized carbons (Fsp3) is 0.345. The van der Waals surface area contributed by atoms with Crippen molar-refractivity contribution >= 4 is 27.5 Å². The second-order valence-corrected chi connectivity index (χ2v) is 10.7. The fourth-order valence-corrected chi connectivity index (χ4v) is 4.36. The molecule has 196 valence electrons. The van der Waals surface area contributed by atoms with Crippen LogP contribution in [0.15, 0.2) is 77.3 Å². The molecule has 0 bridgehead atoms. The molecule has 3 rings (SSSR count). The lowest BCUT2D eigenvalue weighted by Crippen LogP contribution is -2.44. The zero-order chi connectivity index (χ0) is 26.7. The van der Waals surface area contributed by atoms with E-state index in [0.717, 1.165) is 43.2 Å². The molecular formula is C29H35BrN3O4+. The van der Waals surface area contributed by atoms with Crippen LogP contribution in [0.3, 0.4) is 0 Å². The Hall–Kier alpha value is -3.23. The second-order valence-electron chi connectivity index (χ2n) is 9.78. The summed E-state index contributed by atoms with van der Waals surface area (Å²) in [7, 11) is 4.21. The van der Waals surface area contributed by atoms with Gasteiger partial charge >= 0.3 is 5.69 Å². The quantitative estimate of drug-likeness (QED) is 0.109. The zero-order valence-corrected chi connectivity index (χ0v) is 23.1. The number of carbonyl (C=O) groups is 1. The van der Waals surface area contributed by atoms with Gasteiger partial charge in [0.05, 0.1) is 38.7 Å². The van der Waals surface area contributed by atoms with Gasteiger partial charge in [0.1, 0.15) is 6.54 Å². The molecule has 7 nitrogen and oxygen atoms in total. The summed E-state index contributed by atoms with van der Waals surface area (Å²) in [6, 6.07) is 22.9. The van der Waals surface area contributed by atoms with Gasteiger partial charge in [-0.1, -0.05) is 58.4 Å². The number of quaternary nitrogens is 1. The SMILES string of the molecule is C[N+](C)(CCNC(=O)c1ccc(OCCCCCc2ccccc2)c([N+](=O)[O-])c1)Cc1ccc(Br)cc1. The summed E-state index contributed by atoms with van der Waals surface area (Å²) in [5.74, 6) is -0.142. The van der Waals surface area contributed by atoms with Crippen molar-refractivity contribution in [1.29, 1.82) is 0 Å². The van der Waals surface area contributed by atoms with Gasteiger partial charge in [0.2, 0.25) is 0 Å².